The van der Waals surface area contributed by atoms with Crippen LogP contribution >= 0.6 is 11.6 Å². The largest absolute Gasteiger partial charge is 0.463 e. The second kappa shape index (κ2) is 8.20. The van der Waals surface area contributed by atoms with E-state index in [1.54, 1.807) is 18.4 Å². The molecule has 1 saturated carbocycles. The van der Waals surface area contributed by atoms with Crippen molar-refractivity contribution in [3.05, 3.63) is 53.0 Å². The topological polar surface area (TPSA) is 119 Å². The number of hydrogen-bond donors (Lipinski definition) is 1. The number of ether oxygens (including phenoxy) is 4. The van der Waals surface area contributed by atoms with E-state index in [4.69, 9.17) is 40.7 Å². The minimum atomic E-state index is -0.908. The standard InChI is InChI=1S/C24H24ClN3O6/c1-24-19(15-9-30-18-17(15)27-11-28-21(18)26)32-16(10-31-22(29)12-3-2-4-12)20(24)33-23(34-24)13-5-7-14(25)8-6-13/h5-9,11-12,16,19-20,23H,2-4,10H2,1H3,(H2,26,27,28)/t16-,19+,20-,23?,24+/m1/s1. The van der Waals surface area contributed by atoms with E-state index in [1.165, 1.54) is 6.33 Å². The molecule has 2 N–H and O–H groups in total. The number of halogens is 1. The van der Waals surface area contributed by atoms with Crippen molar-refractivity contribution in [3.8, 4) is 0 Å². The van der Waals surface area contributed by atoms with Crippen molar-refractivity contribution < 1.29 is 28.2 Å². The number of nitrogens with two attached hydrogens (primary N) is 1. The number of rotatable bonds is 5. The first-order valence-corrected chi connectivity index (χ1v) is 11.7. The fraction of sp³-hybridized carbons (Fsp3) is 0.458. The van der Waals surface area contributed by atoms with E-state index in [0.717, 1.165) is 24.8 Å². The molecule has 10 heteroatoms. The summed E-state index contributed by atoms with van der Waals surface area (Å²) in [5.74, 6) is 0.0237. The number of fused-ring (bicyclic) bond motifs is 2. The zero-order chi connectivity index (χ0) is 23.4. The molecule has 178 valence electrons. The maximum Gasteiger partial charge on any atom is 0.309 e. The Morgan fingerprint density at radius 3 is 2.76 bits per heavy atom. The highest BCUT2D eigenvalue weighted by Crippen LogP contribution is 2.54. The van der Waals surface area contributed by atoms with Crippen LogP contribution in [0.3, 0.4) is 0 Å². The Morgan fingerprint density at radius 1 is 1.24 bits per heavy atom. The lowest BCUT2D eigenvalue weighted by molar-refractivity contribution is -0.170. The highest BCUT2D eigenvalue weighted by atomic mass is 35.5. The van der Waals surface area contributed by atoms with Gasteiger partial charge in [0, 0.05) is 16.1 Å². The summed E-state index contributed by atoms with van der Waals surface area (Å²) in [5, 5.41) is 0.622. The predicted octanol–water partition coefficient (Wildman–Crippen LogP) is 4.11. The van der Waals surface area contributed by atoms with Gasteiger partial charge in [-0.3, -0.25) is 4.79 Å². The van der Waals surface area contributed by atoms with E-state index < -0.39 is 30.2 Å². The molecular formula is C24H24ClN3O6. The zero-order valence-electron chi connectivity index (χ0n) is 18.5. The molecule has 0 amide bonds. The fourth-order valence-corrected chi connectivity index (χ4v) is 5.04. The third kappa shape index (κ3) is 3.46. The lowest BCUT2D eigenvalue weighted by Crippen LogP contribution is -2.41. The van der Waals surface area contributed by atoms with Gasteiger partial charge < -0.3 is 29.1 Å². The Bertz CT molecular complexity index is 1230. The van der Waals surface area contributed by atoms with E-state index in [2.05, 4.69) is 9.97 Å². The van der Waals surface area contributed by atoms with Gasteiger partial charge in [0.2, 0.25) is 0 Å². The molecule has 1 aromatic carbocycles. The summed E-state index contributed by atoms with van der Waals surface area (Å²) in [7, 11) is 0. The van der Waals surface area contributed by atoms with Crippen LogP contribution in [0.4, 0.5) is 5.82 Å². The number of nitrogen functional groups attached to an aromatic ring is 1. The summed E-state index contributed by atoms with van der Waals surface area (Å²) >= 11 is 6.05. The predicted molar refractivity (Wildman–Crippen MR) is 121 cm³/mol. The lowest BCUT2D eigenvalue weighted by atomic mass is 9.86. The first kappa shape index (κ1) is 21.8. The van der Waals surface area contributed by atoms with Gasteiger partial charge in [-0.05, 0) is 31.9 Å². The average Bonchev–Trinajstić information content (AvgIpc) is 3.42. The summed E-state index contributed by atoms with van der Waals surface area (Å²) in [6, 6.07) is 7.30. The van der Waals surface area contributed by atoms with Crippen LogP contribution in [0.1, 0.15) is 49.7 Å². The second-order valence-corrected chi connectivity index (χ2v) is 9.62. The molecule has 3 aromatic rings. The molecule has 0 spiro atoms. The Labute approximate surface area is 200 Å². The molecule has 2 aromatic heterocycles. The van der Waals surface area contributed by atoms with Gasteiger partial charge in [-0.15, -0.1) is 0 Å². The number of benzene rings is 1. The second-order valence-electron chi connectivity index (χ2n) is 9.18. The molecule has 34 heavy (non-hydrogen) atoms. The molecule has 3 fully saturated rings. The molecule has 9 nitrogen and oxygen atoms in total. The highest BCUT2D eigenvalue weighted by Gasteiger charge is 2.62. The Kier molecular flexibility index (Phi) is 5.25. The minimum absolute atomic E-state index is 0.0244. The summed E-state index contributed by atoms with van der Waals surface area (Å²) in [4.78, 5) is 20.7. The summed E-state index contributed by atoms with van der Waals surface area (Å²) in [6.45, 7) is 1.99. The summed E-state index contributed by atoms with van der Waals surface area (Å²) in [6.07, 6.45) is 3.45. The lowest BCUT2D eigenvalue weighted by Gasteiger charge is -2.27. The molecule has 2 aliphatic heterocycles. The summed E-state index contributed by atoms with van der Waals surface area (Å²) < 4.78 is 30.5. The number of esters is 1. The Hall–Kier alpha value is -2.72. The molecule has 1 aliphatic carbocycles. The van der Waals surface area contributed by atoms with Crippen LogP contribution < -0.4 is 5.73 Å². The number of aromatic nitrogens is 2. The van der Waals surface area contributed by atoms with Crippen molar-refractivity contribution in [2.24, 2.45) is 5.92 Å². The van der Waals surface area contributed by atoms with Gasteiger partial charge in [0.15, 0.2) is 17.7 Å². The molecule has 5 atom stereocenters. The van der Waals surface area contributed by atoms with Gasteiger partial charge in [0.05, 0.1) is 12.2 Å². The van der Waals surface area contributed by atoms with Gasteiger partial charge in [-0.1, -0.05) is 30.2 Å². The van der Waals surface area contributed by atoms with Crippen molar-refractivity contribution in [2.45, 2.75) is 56.4 Å². The third-order valence-corrected chi connectivity index (χ3v) is 7.28. The zero-order valence-corrected chi connectivity index (χ0v) is 19.2. The fourth-order valence-electron chi connectivity index (χ4n) is 4.92. The van der Waals surface area contributed by atoms with Crippen LogP contribution in [0, 0.1) is 5.92 Å². The van der Waals surface area contributed by atoms with Crippen LogP contribution in [-0.4, -0.2) is 40.4 Å². The molecule has 6 rings (SSSR count). The molecule has 2 saturated heterocycles. The van der Waals surface area contributed by atoms with E-state index in [9.17, 15) is 4.79 Å². The molecule has 4 heterocycles. The first-order chi connectivity index (χ1) is 16.4. The number of hydrogen-bond acceptors (Lipinski definition) is 9. The van der Waals surface area contributed by atoms with Crippen molar-refractivity contribution >= 4 is 34.5 Å². The minimum Gasteiger partial charge on any atom is -0.463 e. The number of furan rings is 1. The van der Waals surface area contributed by atoms with Crippen LogP contribution in [-0.2, 0) is 23.7 Å². The van der Waals surface area contributed by atoms with Gasteiger partial charge in [-0.25, -0.2) is 9.97 Å². The van der Waals surface area contributed by atoms with E-state index >= 15 is 0 Å². The number of carbonyl (C=O) groups is 1. The van der Waals surface area contributed by atoms with Crippen molar-refractivity contribution in [3.63, 3.8) is 0 Å². The normalized spacial score (nSPS) is 30.9. The maximum absolute atomic E-state index is 12.4. The van der Waals surface area contributed by atoms with Crippen molar-refractivity contribution in [2.75, 3.05) is 12.3 Å². The van der Waals surface area contributed by atoms with Gasteiger partial charge in [-0.2, -0.15) is 0 Å². The highest BCUT2D eigenvalue weighted by molar-refractivity contribution is 6.30. The third-order valence-electron chi connectivity index (χ3n) is 7.03. The van der Waals surface area contributed by atoms with Crippen molar-refractivity contribution in [1.82, 2.24) is 9.97 Å². The first-order valence-electron chi connectivity index (χ1n) is 11.3. The van der Waals surface area contributed by atoms with Crippen LogP contribution in [0.25, 0.3) is 11.1 Å². The quantitative estimate of drug-likeness (QED) is 0.532. The van der Waals surface area contributed by atoms with Crippen LogP contribution in [0.5, 0.6) is 0 Å². The Morgan fingerprint density at radius 2 is 2.03 bits per heavy atom. The SMILES string of the molecule is C[C@@]12OC(c3ccc(Cl)cc3)O[C@@H]1[C@@H](COC(=O)C1CCC1)O[C@H]2c1coc2c(N)ncnc12. The summed E-state index contributed by atoms with van der Waals surface area (Å²) in [5.41, 5.74) is 7.48. The van der Waals surface area contributed by atoms with Gasteiger partial charge in [0.1, 0.15) is 42.4 Å². The van der Waals surface area contributed by atoms with Crippen LogP contribution in [0.2, 0.25) is 5.02 Å². The average molecular weight is 486 g/mol. The molecule has 1 unspecified atom stereocenters. The van der Waals surface area contributed by atoms with E-state index in [-0.39, 0.29) is 24.3 Å². The number of carbonyl (C=O) groups excluding carboxylic acids is 1. The Balaban J connectivity index is 1.32. The number of anilines is 1. The number of nitrogens with zero attached hydrogens (tertiary/aromatic N) is 2. The van der Waals surface area contributed by atoms with Gasteiger partial charge >= 0.3 is 5.97 Å². The van der Waals surface area contributed by atoms with E-state index in [1.807, 2.05) is 19.1 Å². The monoisotopic (exact) mass is 485 g/mol. The molecule has 0 bridgehead atoms. The molecule has 3 aliphatic rings. The van der Waals surface area contributed by atoms with E-state index in [0.29, 0.717) is 21.7 Å². The maximum atomic E-state index is 12.4. The smallest absolute Gasteiger partial charge is 0.309 e. The van der Waals surface area contributed by atoms with Crippen molar-refractivity contribution in [1.29, 1.82) is 0 Å². The van der Waals surface area contributed by atoms with Crippen LogP contribution in [0.15, 0.2) is 41.3 Å². The molecular weight excluding hydrogens is 462 g/mol. The molecule has 0 radical (unpaired) electrons. The van der Waals surface area contributed by atoms with Gasteiger partial charge in [0.25, 0.3) is 0 Å².